The number of ether oxygens (including phenoxy) is 2. The molecule has 98 valence electrons. The summed E-state index contributed by atoms with van der Waals surface area (Å²) in [5, 5.41) is 3.39. The lowest BCUT2D eigenvalue weighted by Crippen LogP contribution is -2.26. The molecule has 3 nitrogen and oxygen atoms in total. The fourth-order valence-electron chi connectivity index (χ4n) is 2.62. The maximum absolute atomic E-state index is 5.96. The lowest BCUT2D eigenvalue weighted by molar-refractivity contribution is 0.118. The van der Waals surface area contributed by atoms with E-state index in [9.17, 15) is 0 Å². The van der Waals surface area contributed by atoms with Gasteiger partial charge in [0.25, 0.3) is 0 Å². The van der Waals surface area contributed by atoms with Crippen LogP contribution < -0.4 is 10.1 Å². The average Bonchev–Trinajstić information content (AvgIpc) is 2.84. The normalized spacial score (nSPS) is 26.9. The zero-order chi connectivity index (χ0) is 12.4. The summed E-state index contributed by atoms with van der Waals surface area (Å²) in [5.74, 6) is 1.00. The van der Waals surface area contributed by atoms with E-state index >= 15 is 0 Å². The van der Waals surface area contributed by atoms with E-state index in [1.165, 1.54) is 11.1 Å². The van der Waals surface area contributed by atoms with Crippen molar-refractivity contribution in [3.05, 3.63) is 29.3 Å². The van der Waals surface area contributed by atoms with Crippen molar-refractivity contribution in [3.63, 3.8) is 0 Å². The molecule has 1 fully saturated rings. The minimum Gasteiger partial charge on any atom is -0.493 e. The largest absolute Gasteiger partial charge is 0.493 e. The Labute approximate surface area is 108 Å². The summed E-state index contributed by atoms with van der Waals surface area (Å²) in [6.07, 6.45) is 2.20. The molecule has 2 heterocycles. The van der Waals surface area contributed by atoms with Gasteiger partial charge in [0.15, 0.2) is 0 Å². The van der Waals surface area contributed by atoms with Gasteiger partial charge in [-0.2, -0.15) is 0 Å². The van der Waals surface area contributed by atoms with E-state index in [0.717, 1.165) is 51.5 Å². The van der Waals surface area contributed by atoms with E-state index < -0.39 is 0 Å². The van der Waals surface area contributed by atoms with Crippen molar-refractivity contribution in [2.24, 2.45) is 5.41 Å². The lowest BCUT2D eigenvalue weighted by Gasteiger charge is -2.23. The van der Waals surface area contributed by atoms with Crippen LogP contribution in [0.25, 0.3) is 0 Å². The quantitative estimate of drug-likeness (QED) is 0.887. The molecule has 2 aliphatic heterocycles. The first kappa shape index (κ1) is 12.0. The van der Waals surface area contributed by atoms with Crippen LogP contribution in [0.4, 0.5) is 0 Å². The van der Waals surface area contributed by atoms with Gasteiger partial charge in [0.2, 0.25) is 0 Å². The van der Waals surface area contributed by atoms with E-state index in [0.29, 0.717) is 0 Å². The van der Waals surface area contributed by atoms with Gasteiger partial charge in [0.1, 0.15) is 5.75 Å². The molecule has 1 atom stereocenters. The molecule has 18 heavy (non-hydrogen) atoms. The molecule has 1 aromatic carbocycles. The van der Waals surface area contributed by atoms with Crippen molar-refractivity contribution < 1.29 is 9.47 Å². The van der Waals surface area contributed by atoms with Gasteiger partial charge in [0.05, 0.1) is 13.2 Å². The molecule has 0 radical (unpaired) electrons. The minimum absolute atomic E-state index is 0.192. The van der Waals surface area contributed by atoms with Gasteiger partial charge in [-0.3, -0.25) is 0 Å². The number of hydrogen-bond acceptors (Lipinski definition) is 3. The molecule has 0 aliphatic carbocycles. The van der Waals surface area contributed by atoms with Crippen LogP contribution in [0.5, 0.6) is 5.75 Å². The number of fused-ring (bicyclic) bond motifs is 1. The molecule has 0 spiro atoms. The first-order valence-corrected chi connectivity index (χ1v) is 6.78. The van der Waals surface area contributed by atoms with Crippen LogP contribution >= 0.6 is 0 Å². The molecule has 3 rings (SSSR count). The highest BCUT2D eigenvalue weighted by molar-refractivity contribution is 5.37. The Kier molecular flexibility index (Phi) is 3.27. The van der Waals surface area contributed by atoms with Gasteiger partial charge < -0.3 is 14.8 Å². The number of benzene rings is 1. The van der Waals surface area contributed by atoms with Crippen molar-refractivity contribution >= 4 is 0 Å². The molecule has 0 aromatic heterocycles. The van der Waals surface area contributed by atoms with E-state index in [2.05, 4.69) is 30.4 Å². The highest BCUT2D eigenvalue weighted by Gasteiger charge is 2.30. The van der Waals surface area contributed by atoms with E-state index in [4.69, 9.17) is 9.47 Å². The fraction of sp³-hybridized carbons (Fsp3) is 0.600. The third kappa shape index (κ3) is 2.52. The van der Waals surface area contributed by atoms with Crippen molar-refractivity contribution in [1.29, 1.82) is 0 Å². The second-order valence-corrected chi connectivity index (χ2v) is 5.76. The molecule has 3 heteroatoms. The monoisotopic (exact) mass is 247 g/mol. The lowest BCUT2D eigenvalue weighted by atomic mass is 9.91. The van der Waals surface area contributed by atoms with Crippen LogP contribution in [-0.4, -0.2) is 26.4 Å². The fourth-order valence-corrected chi connectivity index (χ4v) is 2.62. The Morgan fingerprint density at radius 3 is 3.17 bits per heavy atom. The SMILES string of the molecule is CC1(COc2ccc3c(c2)CCNC3)CCOC1. The predicted molar refractivity (Wildman–Crippen MR) is 70.9 cm³/mol. The average molecular weight is 247 g/mol. The van der Waals surface area contributed by atoms with Crippen LogP contribution in [-0.2, 0) is 17.7 Å². The first-order chi connectivity index (χ1) is 8.75. The second-order valence-electron chi connectivity index (χ2n) is 5.76. The molecule has 0 saturated carbocycles. The highest BCUT2D eigenvalue weighted by atomic mass is 16.5. The summed E-state index contributed by atoms with van der Waals surface area (Å²) in [6.45, 7) is 6.74. The van der Waals surface area contributed by atoms with Crippen LogP contribution in [0.2, 0.25) is 0 Å². The topological polar surface area (TPSA) is 30.5 Å². The summed E-state index contributed by atoms with van der Waals surface area (Å²) in [6, 6.07) is 6.48. The van der Waals surface area contributed by atoms with E-state index in [1.807, 2.05) is 0 Å². The third-order valence-electron chi connectivity index (χ3n) is 3.95. The van der Waals surface area contributed by atoms with Gasteiger partial charge in [-0.25, -0.2) is 0 Å². The smallest absolute Gasteiger partial charge is 0.119 e. The van der Waals surface area contributed by atoms with Gasteiger partial charge in [-0.1, -0.05) is 13.0 Å². The zero-order valence-corrected chi connectivity index (χ0v) is 11.0. The maximum atomic E-state index is 5.96. The van der Waals surface area contributed by atoms with Gasteiger partial charge in [0, 0.05) is 18.6 Å². The molecule has 1 N–H and O–H groups in total. The molecule has 1 saturated heterocycles. The molecule has 0 bridgehead atoms. The van der Waals surface area contributed by atoms with Gasteiger partial charge in [-0.15, -0.1) is 0 Å². The zero-order valence-electron chi connectivity index (χ0n) is 11.0. The summed E-state index contributed by atoms with van der Waals surface area (Å²) >= 11 is 0. The van der Waals surface area contributed by atoms with Crippen LogP contribution in [0, 0.1) is 5.41 Å². The third-order valence-corrected chi connectivity index (χ3v) is 3.95. The summed E-state index contributed by atoms with van der Waals surface area (Å²) < 4.78 is 11.4. The Bertz CT molecular complexity index is 425. The second kappa shape index (κ2) is 4.90. The van der Waals surface area contributed by atoms with Crippen LogP contribution in [0.1, 0.15) is 24.5 Å². The summed E-state index contributed by atoms with van der Waals surface area (Å²) in [5.41, 5.74) is 3.03. The van der Waals surface area contributed by atoms with Gasteiger partial charge in [-0.05, 0) is 42.6 Å². The summed E-state index contributed by atoms with van der Waals surface area (Å²) in [4.78, 5) is 0. The van der Waals surface area contributed by atoms with E-state index in [-0.39, 0.29) is 5.41 Å². The minimum atomic E-state index is 0.192. The van der Waals surface area contributed by atoms with Crippen molar-refractivity contribution in [1.82, 2.24) is 5.32 Å². The molecular formula is C15H21NO2. The number of nitrogens with one attached hydrogen (secondary N) is 1. The molecule has 2 aliphatic rings. The molecule has 1 aromatic rings. The van der Waals surface area contributed by atoms with Crippen molar-refractivity contribution in [3.8, 4) is 5.75 Å². The van der Waals surface area contributed by atoms with Crippen LogP contribution in [0.15, 0.2) is 18.2 Å². The predicted octanol–water partition coefficient (Wildman–Crippen LogP) is 2.14. The first-order valence-electron chi connectivity index (χ1n) is 6.78. The molecule has 0 amide bonds. The van der Waals surface area contributed by atoms with Crippen molar-refractivity contribution in [2.45, 2.75) is 26.3 Å². The maximum Gasteiger partial charge on any atom is 0.119 e. The van der Waals surface area contributed by atoms with E-state index in [1.54, 1.807) is 0 Å². The standard InChI is InChI=1S/C15H21NO2/c1-15(5-7-17-10-15)11-18-14-3-2-13-9-16-6-4-12(13)8-14/h2-3,8,16H,4-7,9-11H2,1H3. The number of hydrogen-bond donors (Lipinski definition) is 1. The number of rotatable bonds is 3. The molecular weight excluding hydrogens is 226 g/mol. The summed E-state index contributed by atoms with van der Waals surface area (Å²) in [7, 11) is 0. The highest BCUT2D eigenvalue weighted by Crippen LogP contribution is 2.29. The van der Waals surface area contributed by atoms with Crippen molar-refractivity contribution in [2.75, 3.05) is 26.4 Å². The molecule has 1 unspecified atom stereocenters. The Balaban J connectivity index is 1.66. The van der Waals surface area contributed by atoms with Gasteiger partial charge >= 0.3 is 0 Å². The Morgan fingerprint density at radius 1 is 1.39 bits per heavy atom. The Hall–Kier alpha value is -1.06. The Morgan fingerprint density at radius 2 is 2.33 bits per heavy atom. The van der Waals surface area contributed by atoms with Crippen LogP contribution in [0.3, 0.4) is 0 Å².